The Kier molecular flexibility index (Phi) is 3.52. The van der Waals surface area contributed by atoms with E-state index in [0.717, 1.165) is 44.8 Å². The van der Waals surface area contributed by atoms with Crippen molar-refractivity contribution in [3.8, 4) is 5.75 Å². The molecule has 0 spiro atoms. The van der Waals surface area contributed by atoms with E-state index in [-0.39, 0.29) is 6.04 Å². The summed E-state index contributed by atoms with van der Waals surface area (Å²) in [7, 11) is 0. The molecule has 1 saturated heterocycles. The van der Waals surface area contributed by atoms with Crippen LogP contribution < -0.4 is 10.5 Å². The zero-order valence-corrected chi connectivity index (χ0v) is 10.7. The molecule has 98 valence electrons. The predicted molar refractivity (Wildman–Crippen MR) is 70.7 cm³/mol. The second-order valence-electron chi connectivity index (χ2n) is 5.40. The van der Waals surface area contributed by atoms with Crippen LogP contribution in [-0.2, 0) is 11.2 Å². The highest BCUT2D eigenvalue weighted by Gasteiger charge is 2.19. The number of hydrogen-bond donors (Lipinski definition) is 1. The molecule has 18 heavy (non-hydrogen) atoms. The van der Waals surface area contributed by atoms with Gasteiger partial charge in [-0.3, -0.25) is 0 Å². The summed E-state index contributed by atoms with van der Waals surface area (Å²) in [6.07, 6.45) is 4.56. The first-order valence-electron chi connectivity index (χ1n) is 6.92. The lowest BCUT2D eigenvalue weighted by atomic mass is 9.88. The molecule has 0 aromatic heterocycles. The number of ether oxygens (including phenoxy) is 2. The zero-order chi connectivity index (χ0) is 12.4. The van der Waals surface area contributed by atoms with Crippen molar-refractivity contribution in [3.63, 3.8) is 0 Å². The summed E-state index contributed by atoms with van der Waals surface area (Å²) in [4.78, 5) is 0. The molecule has 1 aliphatic carbocycles. The van der Waals surface area contributed by atoms with E-state index in [1.807, 2.05) is 0 Å². The molecule has 2 atom stereocenters. The van der Waals surface area contributed by atoms with E-state index >= 15 is 0 Å². The fraction of sp³-hybridized carbons (Fsp3) is 0.600. The molecule has 1 aromatic carbocycles. The molecule has 0 radical (unpaired) electrons. The van der Waals surface area contributed by atoms with E-state index in [4.69, 9.17) is 15.2 Å². The topological polar surface area (TPSA) is 44.5 Å². The van der Waals surface area contributed by atoms with Gasteiger partial charge in [0.15, 0.2) is 0 Å². The van der Waals surface area contributed by atoms with Crippen LogP contribution in [0.5, 0.6) is 5.75 Å². The van der Waals surface area contributed by atoms with Crippen molar-refractivity contribution in [1.82, 2.24) is 0 Å². The average Bonchev–Trinajstić information content (AvgIpc) is 2.90. The molecule has 1 aromatic rings. The smallest absolute Gasteiger partial charge is 0.119 e. The maximum Gasteiger partial charge on any atom is 0.119 e. The molecule has 2 N–H and O–H groups in total. The van der Waals surface area contributed by atoms with Crippen LogP contribution in [0.1, 0.15) is 36.4 Å². The highest BCUT2D eigenvalue weighted by atomic mass is 16.5. The molecule has 1 fully saturated rings. The number of hydrogen-bond acceptors (Lipinski definition) is 3. The van der Waals surface area contributed by atoms with Gasteiger partial charge < -0.3 is 15.2 Å². The number of nitrogens with two attached hydrogens (primary N) is 1. The first kappa shape index (κ1) is 12.0. The van der Waals surface area contributed by atoms with Crippen LogP contribution in [0.2, 0.25) is 0 Å². The average molecular weight is 247 g/mol. The minimum Gasteiger partial charge on any atom is -0.493 e. The Morgan fingerprint density at radius 2 is 2.28 bits per heavy atom. The van der Waals surface area contributed by atoms with Gasteiger partial charge in [0.2, 0.25) is 0 Å². The molecule has 2 aliphatic rings. The first-order chi connectivity index (χ1) is 8.83. The monoisotopic (exact) mass is 247 g/mol. The maximum absolute atomic E-state index is 6.16. The third-order valence-electron chi connectivity index (χ3n) is 3.99. The Hall–Kier alpha value is -1.06. The van der Waals surface area contributed by atoms with Gasteiger partial charge in [-0.25, -0.2) is 0 Å². The third kappa shape index (κ3) is 2.52. The van der Waals surface area contributed by atoms with Gasteiger partial charge in [-0.05, 0) is 48.9 Å². The molecule has 1 heterocycles. The van der Waals surface area contributed by atoms with Crippen molar-refractivity contribution in [2.24, 2.45) is 11.7 Å². The largest absolute Gasteiger partial charge is 0.493 e. The van der Waals surface area contributed by atoms with Gasteiger partial charge in [0.25, 0.3) is 0 Å². The Morgan fingerprint density at radius 1 is 1.33 bits per heavy atom. The van der Waals surface area contributed by atoms with Gasteiger partial charge >= 0.3 is 0 Å². The van der Waals surface area contributed by atoms with Crippen molar-refractivity contribution >= 4 is 0 Å². The van der Waals surface area contributed by atoms with E-state index in [1.54, 1.807) is 0 Å². The van der Waals surface area contributed by atoms with E-state index in [0.29, 0.717) is 5.92 Å². The van der Waals surface area contributed by atoms with Gasteiger partial charge in [-0.15, -0.1) is 0 Å². The summed E-state index contributed by atoms with van der Waals surface area (Å²) in [6.45, 7) is 2.47. The summed E-state index contributed by atoms with van der Waals surface area (Å²) in [5, 5.41) is 0. The number of benzene rings is 1. The SMILES string of the molecule is N[C@@H]1CCCc2ccc(OCC3CCOC3)cc21. The van der Waals surface area contributed by atoms with Crippen LogP contribution in [0.25, 0.3) is 0 Å². The lowest BCUT2D eigenvalue weighted by Gasteiger charge is -2.23. The molecule has 1 aliphatic heterocycles. The van der Waals surface area contributed by atoms with E-state index in [9.17, 15) is 0 Å². The Bertz CT molecular complexity index is 413. The molecular formula is C15H21NO2. The minimum absolute atomic E-state index is 0.187. The normalized spacial score (nSPS) is 26.9. The predicted octanol–water partition coefficient (Wildman–Crippen LogP) is 2.44. The van der Waals surface area contributed by atoms with Crippen molar-refractivity contribution < 1.29 is 9.47 Å². The van der Waals surface area contributed by atoms with Gasteiger partial charge in [0.05, 0.1) is 13.2 Å². The molecule has 0 saturated carbocycles. The van der Waals surface area contributed by atoms with Crippen LogP contribution in [0.15, 0.2) is 18.2 Å². The molecule has 1 unspecified atom stereocenters. The lowest BCUT2D eigenvalue weighted by molar-refractivity contribution is 0.167. The minimum atomic E-state index is 0.187. The maximum atomic E-state index is 6.16. The second-order valence-corrected chi connectivity index (χ2v) is 5.40. The summed E-state index contributed by atoms with van der Waals surface area (Å²) in [5.41, 5.74) is 8.83. The van der Waals surface area contributed by atoms with Gasteiger partial charge in [0, 0.05) is 18.6 Å². The molecule has 3 nitrogen and oxygen atoms in total. The molecule has 0 amide bonds. The highest BCUT2D eigenvalue weighted by molar-refractivity contribution is 5.39. The van der Waals surface area contributed by atoms with Crippen molar-refractivity contribution in [2.45, 2.75) is 31.7 Å². The number of rotatable bonds is 3. The first-order valence-corrected chi connectivity index (χ1v) is 6.92. The fourth-order valence-electron chi connectivity index (χ4n) is 2.83. The Morgan fingerprint density at radius 3 is 3.11 bits per heavy atom. The van der Waals surface area contributed by atoms with Crippen LogP contribution >= 0.6 is 0 Å². The lowest BCUT2D eigenvalue weighted by Crippen LogP contribution is -2.18. The van der Waals surface area contributed by atoms with Gasteiger partial charge in [-0.1, -0.05) is 6.07 Å². The van der Waals surface area contributed by atoms with E-state index in [2.05, 4.69) is 18.2 Å². The second kappa shape index (κ2) is 5.29. The van der Waals surface area contributed by atoms with Crippen molar-refractivity contribution in [2.75, 3.05) is 19.8 Å². The molecular weight excluding hydrogens is 226 g/mol. The summed E-state index contributed by atoms with van der Waals surface area (Å²) >= 11 is 0. The standard InChI is InChI=1S/C15H21NO2/c16-15-3-1-2-12-4-5-13(8-14(12)15)18-10-11-6-7-17-9-11/h4-5,8,11,15H,1-3,6-7,9-10,16H2/t11?,15-/m1/s1. The van der Waals surface area contributed by atoms with Crippen LogP contribution in [-0.4, -0.2) is 19.8 Å². The van der Waals surface area contributed by atoms with Crippen molar-refractivity contribution in [1.29, 1.82) is 0 Å². The van der Waals surface area contributed by atoms with Gasteiger partial charge in [0.1, 0.15) is 5.75 Å². The summed E-state index contributed by atoms with van der Waals surface area (Å²) in [6, 6.07) is 6.57. The Balaban J connectivity index is 1.67. The number of fused-ring (bicyclic) bond motifs is 1. The zero-order valence-electron chi connectivity index (χ0n) is 10.7. The summed E-state index contributed by atoms with van der Waals surface area (Å²) in [5.74, 6) is 1.51. The molecule has 3 rings (SSSR count). The quantitative estimate of drug-likeness (QED) is 0.892. The molecule has 3 heteroatoms. The number of aryl methyl sites for hydroxylation is 1. The Labute approximate surface area is 108 Å². The van der Waals surface area contributed by atoms with E-state index < -0.39 is 0 Å². The fourth-order valence-corrected chi connectivity index (χ4v) is 2.83. The molecule has 0 bridgehead atoms. The van der Waals surface area contributed by atoms with E-state index in [1.165, 1.54) is 17.5 Å². The highest BCUT2D eigenvalue weighted by Crippen LogP contribution is 2.31. The van der Waals surface area contributed by atoms with Gasteiger partial charge in [-0.2, -0.15) is 0 Å². The summed E-state index contributed by atoms with van der Waals surface area (Å²) < 4.78 is 11.2. The van der Waals surface area contributed by atoms with Crippen LogP contribution in [0.4, 0.5) is 0 Å². The van der Waals surface area contributed by atoms with Crippen LogP contribution in [0, 0.1) is 5.92 Å². The van der Waals surface area contributed by atoms with Crippen LogP contribution in [0.3, 0.4) is 0 Å². The van der Waals surface area contributed by atoms with Crippen molar-refractivity contribution in [3.05, 3.63) is 29.3 Å². The third-order valence-corrected chi connectivity index (χ3v) is 3.99.